The number of halogens is 3. The maximum absolute atomic E-state index is 12.9. The van der Waals surface area contributed by atoms with Crippen molar-refractivity contribution in [3.8, 4) is 11.6 Å². The number of nitrogens with zero attached hydrogens (tertiary/aromatic N) is 4. The highest BCUT2D eigenvalue weighted by molar-refractivity contribution is 6.30. The van der Waals surface area contributed by atoms with E-state index in [9.17, 15) is 8.78 Å². The lowest BCUT2D eigenvalue weighted by Gasteiger charge is -2.14. The summed E-state index contributed by atoms with van der Waals surface area (Å²) in [4.78, 5) is 4.43. The van der Waals surface area contributed by atoms with Crippen LogP contribution < -0.4 is 0 Å². The molecule has 8 heteroatoms. The molecule has 1 aliphatic carbocycles. The summed E-state index contributed by atoms with van der Waals surface area (Å²) in [5.74, 6) is 0.681. The molecule has 1 aromatic carbocycles. The topological polar surface area (TPSA) is 56.7 Å². The van der Waals surface area contributed by atoms with Crippen LogP contribution in [0.15, 0.2) is 28.8 Å². The first kappa shape index (κ1) is 16.2. The molecule has 0 amide bonds. The van der Waals surface area contributed by atoms with Gasteiger partial charge >= 0.3 is 0 Å². The summed E-state index contributed by atoms with van der Waals surface area (Å²) in [5, 5.41) is 8.79. The Kier molecular flexibility index (Phi) is 3.64. The van der Waals surface area contributed by atoms with Crippen LogP contribution in [0.4, 0.5) is 8.78 Å². The van der Waals surface area contributed by atoms with Gasteiger partial charge in [0.05, 0.1) is 5.41 Å². The fourth-order valence-corrected chi connectivity index (χ4v) is 3.33. The van der Waals surface area contributed by atoms with Gasteiger partial charge in [0.1, 0.15) is 5.69 Å². The molecule has 3 aromatic rings. The molecule has 0 saturated heterocycles. The van der Waals surface area contributed by atoms with Gasteiger partial charge in [-0.25, -0.2) is 8.78 Å². The molecule has 0 aliphatic heterocycles. The molecule has 5 nitrogen and oxygen atoms in total. The van der Waals surface area contributed by atoms with E-state index in [0.717, 1.165) is 28.7 Å². The SMILES string of the molecule is Cc1ccc(Cl)cc1C1(c2noc(-c3cc(C(F)F)n(C)n3)n2)CC1. The van der Waals surface area contributed by atoms with Gasteiger partial charge in [0.25, 0.3) is 12.3 Å². The Morgan fingerprint density at radius 3 is 2.68 bits per heavy atom. The summed E-state index contributed by atoms with van der Waals surface area (Å²) in [5.41, 5.74) is 1.90. The van der Waals surface area contributed by atoms with E-state index in [1.807, 2.05) is 25.1 Å². The Morgan fingerprint density at radius 2 is 2.04 bits per heavy atom. The van der Waals surface area contributed by atoms with E-state index in [2.05, 4.69) is 15.2 Å². The maximum Gasteiger partial charge on any atom is 0.280 e. The molecule has 0 radical (unpaired) electrons. The van der Waals surface area contributed by atoms with Crippen LogP contribution in [0, 0.1) is 6.92 Å². The van der Waals surface area contributed by atoms with Gasteiger partial charge in [-0.1, -0.05) is 22.8 Å². The second-order valence-corrected chi connectivity index (χ2v) is 6.78. The lowest BCUT2D eigenvalue weighted by Crippen LogP contribution is -2.12. The summed E-state index contributed by atoms with van der Waals surface area (Å²) in [6.07, 6.45) is -0.840. The van der Waals surface area contributed by atoms with Gasteiger partial charge in [0.15, 0.2) is 11.5 Å². The summed E-state index contributed by atoms with van der Waals surface area (Å²) in [7, 11) is 1.46. The number of rotatable bonds is 4. The highest BCUT2D eigenvalue weighted by atomic mass is 35.5. The monoisotopic (exact) mass is 364 g/mol. The van der Waals surface area contributed by atoms with E-state index in [1.165, 1.54) is 13.1 Å². The van der Waals surface area contributed by atoms with Crippen LogP contribution in [0.1, 0.15) is 41.9 Å². The van der Waals surface area contributed by atoms with Crippen molar-refractivity contribution >= 4 is 11.6 Å². The third-order valence-corrected chi connectivity index (χ3v) is 4.91. The normalized spacial score (nSPS) is 15.8. The van der Waals surface area contributed by atoms with Crippen molar-refractivity contribution in [3.63, 3.8) is 0 Å². The molecule has 0 unspecified atom stereocenters. The molecule has 1 fully saturated rings. The zero-order valence-electron chi connectivity index (χ0n) is 13.6. The third kappa shape index (κ3) is 2.63. The third-order valence-electron chi connectivity index (χ3n) is 4.68. The van der Waals surface area contributed by atoms with Gasteiger partial charge in [-0.15, -0.1) is 0 Å². The summed E-state index contributed by atoms with van der Waals surface area (Å²) in [6, 6.07) is 7.01. The zero-order chi connectivity index (χ0) is 17.8. The molecule has 2 heterocycles. The van der Waals surface area contributed by atoms with Crippen LogP contribution in [0.2, 0.25) is 5.02 Å². The Labute approximate surface area is 147 Å². The predicted octanol–water partition coefficient (Wildman–Crippen LogP) is 4.45. The molecule has 1 saturated carbocycles. The molecular formula is C17H15ClF2N4O. The Hall–Kier alpha value is -2.28. The highest BCUT2D eigenvalue weighted by Gasteiger charge is 2.51. The van der Waals surface area contributed by atoms with Crippen LogP contribution in [0.25, 0.3) is 11.6 Å². The number of hydrogen-bond acceptors (Lipinski definition) is 4. The van der Waals surface area contributed by atoms with Gasteiger partial charge < -0.3 is 4.52 Å². The minimum Gasteiger partial charge on any atom is -0.332 e. The second-order valence-electron chi connectivity index (χ2n) is 6.34. The van der Waals surface area contributed by atoms with Crippen LogP contribution in [0.5, 0.6) is 0 Å². The van der Waals surface area contributed by atoms with Crippen LogP contribution in [0.3, 0.4) is 0 Å². The average Bonchev–Trinajstić information content (AvgIpc) is 3.03. The van der Waals surface area contributed by atoms with Crippen molar-refractivity contribution in [2.45, 2.75) is 31.6 Å². The Balaban J connectivity index is 1.72. The van der Waals surface area contributed by atoms with Crippen molar-refractivity contribution in [1.29, 1.82) is 0 Å². The fraction of sp³-hybridized carbons (Fsp3) is 0.353. The number of aromatic nitrogens is 4. The second kappa shape index (κ2) is 5.62. The van der Waals surface area contributed by atoms with E-state index in [1.54, 1.807) is 0 Å². The van der Waals surface area contributed by atoms with Crippen molar-refractivity contribution in [2.75, 3.05) is 0 Å². The number of alkyl halides is 2. The molecule has 1 aliphatic rings. The van der Waals surface area contributed by atoms with Gasteiger partial charge in [-0.05, 0) is 49.1 Å². The average molecular weight is 365 g/mol. The minimum absolute atomic E-state index is 0.142. The number of benzene rings is 1. The van der Waals surface area contributed by atoms with Gasteiger partial charge in [-0.2, -0.15) is 10.1 Å². The molecule has 2 aromatic heterocycles. The summed E-state index contributed by atoms with van der Waals surface area (Å²) >= 11 is 6.14. The first-order chi connectivity index (χ1) is 11.9. The van der Waals surface area contributed by atoms with Gasteiger partial charge in [-0.3, -0.25) is 4.68 Å². The van der Waals surface area contributed by atoms with E-state index >= 15 is 0 Å². The lowest BCUT2D eigenvalue weighted by molar-refractivity contribution is 0.141. The quantitative estimate of drug-likeness (QED) is 0.686. The van der Waals surface area contributed by atoms with Crippen LogP contribution >= 0.6 is 11.6 Å². The van der Waals surface area contributed by atoms with Crippen molar-refractivity contribution in [3.05, 3.63) is 51.9 Å². The Morgan fingerprint density at radius 1 is 1.28 bits per heavy atom. The molecule has 25 heavy (non-hydrogen) atoms. The number of aryl methyl sites for hydroxylation is 2. The largest absolute Gasteiger partial charge is 0.332 e. The Bertz CT molecular complexity index is 946. The minimum atomic E-state index is -2.61. The van der Waals surface area contributed by atoms with Crippen LogP contribution in [-0.2, 0) is 12.5 Å². The molecule has 0 spiro atoms. The maximum atomic E-state index is 12.9. The zero-order valence-corrected chi connectivity index (χ0v) is 14.4. The molecular weight excluding hydrogens is 350 g/mol. The smallest absolute Gasteiger partial charge is 0.280 e. The number of hydrogen-bond donors (Lipinski definition) is 0. The first-order valence-corrected chi connectivity index (χ1v) is 8.22. The molecule has 0 N–H and O–H groups in total. The van der Waals surface area contributed by atoms with E-state index in [0.29, 0.717) is 10.8 Å². The molecule has 130 valence electrons. The van der Waals surface area contributed by atoms with E-state index in [-0.39, 0.29) is 22.7 Å². The summed E-state index contributed by atoms with van der Waals surface area (Å²) < 4.78 is 32.3. The van der Waals surface area contributed by atoms with Crippen molar-refractivity contribution < 1.29 is 13.3 Å². The molecule has 0 atom stereocenters. The van der Waals surface area contributed by atoms with Crippen molar-refractivity contribution in [1.82, 2.24) is 19.9 Å². The molecule has 4 rings (SSSR count). The fourth-order valence-electron chi connectivity index (χ4n) is 3.16. The van der Waals surface area contributed by atoms with Gasteiger partial charge in [0, 0.05) is 12.1 Å². The standard InChI is InChI=1S/C17H15ClF2N4O/c1-9-3-4-10(18)7-11(9)17(5-6-17)16-21-15(25-23-16)12-8-13(14(19)20)24(2)22-12/h3-4,7-8,14H,5-6H2,1-2H3. The summed E-state index contributed by atoms with van der Waals surface area (Å²) in [6.45, 7) is 2.01. The predicted molar refractivity (Wildman–Crippen MR) is 87.7 cm³/mol. The first-order valence-electron chi connectivity index (χ1n) is 7.84. The van der Waals surface area contributed by atoms with E-state index in [4.69, 9.17) is 16.1 Å². The van der Waals surface area contributed by atoms with Crippen molar-refractivity contribution in [2.24, 2.45) is 7.05 Å². The lowest BCUT2D eigenvalue weighted by atomic mass is 9.91. The highest BCUT2D eigenvalue weighted by Crippen LogP contribution is 2.53. The van der Waals surface area contributed by atoms with Gasteiger partial charge in [0.2, 0.25) is 0 Å². The molecule has 0 bridgehead atoms. The van der Waals surface area contributed by atoms with E-state index < -0.39 is 6.43 Å². The van der Waals surface area contributed by atoms with Crippen LogP contribution in [-0.4, -0.2) is 19.9 Å².